The first-order valence-corrected chi connectivity index (χ1v) is 6.58. The fraction of sp³-hybridized carbons (Fsp3) is 0.0714. The smallest absolute Gasteiger partial charge is 0.295 e. The van der Waals surface area contributed by atoms with Gasteiger partial charge < -0.3 is 9.73 Å². The van der Waals surface area contributed by atoms with Crippen molar-refractivity contribution < 1.29 is 14.1 Å². The van der Waals surface area contributed by atoms with E-state index in [0.717, 1.165) is 5.56 Å². The number of carbonyl (C=O) groups excluding carboxylic acids is 1. The molecule has 0 saturated carbocycles. The topological polar surface area (TPSA) is 116 Å². The Bertz CT molecular complexity index is 827. The maximum Gasteiger partial charge on any atom is 0.295 e. The molecule has 0 aliphatic rings. The van der Waals surface area contributed by atoms with Gasteiger partial charge in [-0.2, -0.15) is 5.10 Å². The van der Waals surface area contributed by atoms with Crippen molar-refractivity contribution >= 4 is 11.6 Å². The van der Waals surface area contributed by atoms with Gasteiger partial charge in [0.05, 0.1) is 17.4 Å². The van der Waals surface area contributed by atoms with Crippen LogP contribution in [0, 0.1) is 10.1 Å². The number of hydrogen-bond donors (Lipinski definition) is 1. The molecular weight excluding hydrogens is 302 g/mol. The maximum atomic E-state index is 12.1. The number of nitrogens with zero attached hydrogens (tertiary/aromatic N) is 4. The van der Waals surface area contributed by atoms with Gasteiger partial charge >= 0.3 is 0 Å². The van der Waals surface area contributed by atoms with Crippen molar-refractivity contribution in [1.29, 1.82) is 0 Å². The summed E-state index contributed by atoms with van der Waals surface area (Å²) in [4.78, 5) is 26.5. The maximum absolute atomic E-state index is 12.1. The summed E-state index contributed by atoms with van der Waals surface area (Å²) in [7, 11) is 0. The molecule has 0 aliphatic heterocycles. The molecule has 3 rings (SSSR count). The van der Waals surface area contributed by atoms with Gasteiger partial charge in [-0.15, -0.1) is 0 Å². The van der Waals surface area contributed by atoms with Crippen molar-refractivity contribution in [3.63, 3.8) is 0 Å². The molecule has 1 N–H and O–H groups in total. The first-order chi connectivity index (χ1) is 11.1. The Morgan fingerprint density at radius 2 is 2.26 bits per heavy atom. The monoisotopic (exact) mass is 313 g/mol. The van der Waals surface area contributed by atoms with Gasteiger partial charge in [-0.3, -0.25) is 14.9 Å². The average Bonchev–Trinajstić information content (AvgIpc) is 3.25. The number of aromatic nitrogens is 3. The van der Waals surface area contributed by atoms with Gasteiger partial charge in [0.15, 0.2) is 0 Å². The van der Waals surface area contributed by atoms with Crippen LogP contribution in [0.5, 0.6) is 0 Å². The Morgan fingerprint density at radius 1 is 1.39 bits per heavy atom. The highest BCUT2D eigenvalue weighted by Gasteiger charge is 2.19. The zero-order valence-electron chi connectivity index (χ0n) is 11.7. The van der Waals surface area contributed by atoms with Gasteiger partial charge in [0.25, 0.3) is 11.6 Å². The van der Waals surface area contributed by atoms with Crippen LogP contribution >= 0.6 is 0 Å². The molecule has 2 heterocycles. The van der Waals surface area contributed by atoms with E-state index in [9.17, 15) is 14.9 Å². The third-order valence-electron chi connectivity index (χ3n) is 3.13. The quantitative estimate of drug-likeness (QED) is 0.566. The minimum Gasteiger partial charge on any atom is -0.472 e. The van der Waals surface area contributed by atoms with Crippen molar-refractivity contribution in [3.8, 4) is 5.69 Å². The number of furan rings is 1. The van der Waals surface area contributed by atoms with E-state index in [1.54, 1.807) is 6.07 Å². The molecule has 0 bridgehead atoms. The molecule has 0 spiro atoms. The second-order valence-electron chi connectivity index (χ2n) is 4.61. The molecule has 0 unspecified atom stereocenters. The lowest BCUT2D eigenvalue weighted by atomic mass is 10.1. The molecule has 116 valence electrons. The highest BCUT2D eigenvalue weighted by atomic mass is 16.6. The minimum absolute atomic E-state index is 0.184. The van der Waals surface area contributed by atoms with Crippen LogP contribution in [0.4, 0.5) is 5.69 Å². The fourth-order valence-electron chi connectivity index (χ4n) is 2.01. The molecule has 23 heavy (non-hydrogen) atoms. The summed E-state index contributed by atoms with van der Waals surface area (Å²) in [5.41, 5.74) is 0.987. The van der Waals surface area contributed by atoms with Crippen LogP contribution < -0.4 is 5.32 Å². The molecule has 1 aromatic carbocycles. The third-order valence-corrected chi connectivity index (χ3v) is 3.13. The van der Waals surface area contributed by atoms with Crippen molar-refractivity contribution in [3.05, 3.63) is 70.7 Å². The lowest BCUT2D eigenvalue weighted by Crippen LogP contribution is -2.22. The normalized spacial score (nSPS) is 10.4. The Morgan fingerprint density at radius 3 is 2.91 bits per heavy atom. The number of amides is 1. The number of benzene rings is 1. The van der Waals surface area contributed by atoms with Crippen molar-refractivity contribution in [2.24, 2.45) is 0 Å². The van der Waals surface area contributed by atoms with Gasteiger partial charge in [-0.1, -0.05) is 0 Å². The van der Waals surface area contributed by atoms with E-state index in [4.69, 9.17) is 4.42 Å². The molecule has 0 saturated heterocycles. The van der Waals surface area contributed by atoms with E-state index in [1.165, 1.54) is 48.1 Å². The summed E-state index contributed by atoms with van der Waals surface area (Å²) in [6.07, 6.45) is 5.63. The zero-order chi connectivity index (χ0) is 16.2. The highest BCUT2D eigenvalue weighted by molar-refractivity contribution is 5.95. The van der Waals surface area contributed by atoms with Crippen molar-refractivity contribution in [1.82, 2.24) is 20.1 Å². The molecule has 0 fully saturated rings. The van der Waals surface area contributed by atoms with Crippen LogP contribution in [0.15, 0.2) is 53.9 Å². The van der Waals surface area contributed by atoms with Gasteiger partial charge in [-0.25, -0.2) is 9.67 Å². The van der Waals surface area contributed by atoms with Gasteiger partial charge in [0.1, 0.15) is 18.3 Å². The summed E-state index contributed by atoms with van der Waals surface area (Å²) in [6, 6.07) is 5.88. The van der Waals surface area contributed by atoms with E-state index in [2.05, 4.69) is 15.4 Å². The fourth-order valence-corrected chi connectivity index (χ4v) is 2.01. The first kappa shape index (κ1) is 14.4. The number of nitro benzene ring substituents is 1. The van der Waals surface area contributed by atoms with Crippen LogP contribution in [0.25, 0.3) is 5.69 Å². The van der Waals surface area contributed by atoms with Gasteiger partial charge in [0, 0.05) is 23.7 Å². The lowest BCUT2D eigenvalue weighted by molar-refractivity contribution is -0.384. The Kier molecular flexibility index (Phi) is 3.83. The number of rotatable bonds is 5. The second-order valence-corrected chi connectivity index (χ2v) is 4.61. The van der Waals surface area contributed by atoms with E-state index in [0.29, 0.717) is 0 Å². The Labute approximate surface area is 129 Å². The minimum atomic E-state index is -0.566. The van der Waals surface area contributed by atoms with Crippen LogP contribution in [-0.4, -0.2) is 25.6 Å². The zero-order valence-corrected chi connectivity index (χ0v) is 11.7. The van der Waals surface area contributed by atoms with E-state index >= 15 is 0 Å². The summed E-state index contributed by atoms with van der Waals surface area (Å²) < 4.78 is 6.17. The number of hydrogen-bond acceptors (Lipinski definition) is 6. The summed E-state index contributed by atoms with van der Waals surface area (Å²) in [5, 5.41) is 17.8. The number of nitro groups is 1. The molecule has 9 heteroatoms. The van der Waals surface area contributed by atoms with Crippen LogP contribution in [0.3, 0.4) is 0 Å². The second kappa shape index (κ2) is 6.10. The van der Waals surface area contributed by atoms with E-state index in [-0.39, 0.29) is 23.5 Å². The number of carbonyl (C=O) groups is 1. The van der Waals surface area contributed by atoms with Crippen LogP contribution in [0.1, 0.15) is 15.9 Å². The summed E-state index contributed by atoms with van der Waals surface area (Å²) in [5.74, 6) is -0.417. The van der Waals surface area contributed by atoms with Gasteiger partial charge in [0.2, 0.25) is 0 Å². The van der Waals surface area contributed by atoms with Crippen LogP contribution in [-0.2, 0) is 6.54 Å². The predicted molar refractivity (Wildman–Crippen MR) is 77.9 cm³/mol. The van der Waals surface area contributed by atoms with Gasteiger partial charge in [-0.05, 0) is 18.2 Å². The first-order valence-electron chi connectivity index (χ1n) is 6.58. The molecule has 0 atom stereocenters. The van der Waals surface area contributed by atoms with Crippen LogP contribution in [0.2, 0.25) is 0 Å². The Hall–Kier alpha value is -3.49. The summed E-state index contributed by atoms with van der Waals surface area (Å²) >= 11 is 0. The molecule has 0 radical (unpaired) electrons. The average molecular weight is 313 g/mol. The predicted octanol–water partition coefficient (Wildman–Crippen LogP) is 1.70. The van der Waals surface area contributed by atoms with E-state index < -0.39 is 10.8 Å². The summed E-state index contributed by atoms with van der Waals surface area (Å²) in [6.45, 7) is 0.272. The van der Waals surface area contributed by atoms with Crippen molar-refractivity contribution in [2.75, 3.05) is 0 Å². The molecule has 1 amide bonds. The highest BCUT2D eigenvalue weighted by Crippen LogP contribution is 2.23. The third kappa shape index (κ3) is 3.07. The van der Waals surface area contributed by atoms with E-state index in [1.807, 2.05) is 0 Å². The SMILES string of the molecule is O=C(NCc1ccoc1)c1ccc(-n2cncn2)c([N+](=O)[O-])c1. The molecular formula is C14H11N5O4. The molecule has 3 aromatic rings. The molecule has 0 aliphatic carbocycles. The molecule has 9 nitrogen and oxygen atoms in total. The number of nitrogens with one attached hydrogen (secondary N) is 1. The Balaban J connectivity index is 1.84. The lowest BCUT2D eigenvalue weighted by Gasteiger charge is -2.06. The standard InChI is InChI=1S/C14H11N5O4/c20-14(16-6-10-3-4-23-7-10)11-1-2-12(13(5-11)19(21)22)18-9-15-8-17-18/h1-5,7-9H,6H2,(H,16,20). The largest absolute Gasteiger partial charge is 0.472 e. The van der Waals surface area contributed by atoms with Crippen molar-refractivity contribution in [2.45, 2.75) is 6.54 Å². The molecule has 2 aromatic heterocycles.